The lowest BCUT2D eigenvalue weighted by atomic mass is 9.88. The molecule has 6 nitrogen and oxygen atoms in total. The molecule has 1 unspecified atom stereocenters. The number of carbonyl (C=O) groups is 2. The second kappa shape index (κ2) is 6.99. The summed E-state index contributed by atoms with van der Waals surface area (Å²) in [6.45, 7) is 3.89. The van der Waals surface area contributed by atoms with Crippen LogP contribution in [0.15, 0.2) is 24.3 Å². The first-order chi connectivity index (χ1) is 11.2. The second-order valence-electron chi connectivity index (χ2n) is 6.56. The van der Waals surface area contributed by atoms with E-state index in [2.05, 4.69) is 0 Å². The van der Waals surface area contributed by atoms with Crippen molar-refractivity contribution >= 4 is 23.5 Å². The fourth-order valence-corrected chi connectivity index (χ4v) is 3.02. The Bertz CT molecular complexity index is 616. The number of nitrogens with zero attached hydrogens (tertiary/aromatic N) is 1. The van der Waals surface area contributed by atoms with E-state index in [9.17, 15) is 14.7 Å². The molecule has 0 spiro atoms. The number of halogens is 1. The highest BCUT2D eigenvalue weighted by molar-refractivity contribution is 6.30. The van der Waals surface area contributed by atoms with Crippen LogP contribution in [0.5, 0.6) is 5.75 Å². The van der Waals surface area contributed by atoms with Crippen LogP contribution >= 0.6 is 11.6 Å². The number of hydrogen-bond donors (Lipinski definition) is 1. The number of methoxy groups -OCH3 is 1. The molecule has 132 valence electrons. The molecule has 1 saturated heterocycles. The van der Waals surface area contributed by atoms with E-state index in [1.54, 1.807) is 38.1 Å². The van der Waals surface area contributed by atoms with E-state index in [-0.39, 0.29) is 19.1 Å². The first kappa shape index (κ1) is 18.5. The molecule has 1 amide bonds. The number of carbonyl (C=O) groups excluding carboxylic acids is 1. The Balaban J connectivity index is 2.10. The standard InChI is InChI=1S/C17H22ClNO5/c1-16(2,24-13-6-4-12(18)5-7-13)14(20)19-9-8-17(10-19,11-23-3)15(21)22/h4-7H,8-11H2,1-3H3,(H,21,22). The quantitative estimate of drug-likeness (QED) is 0.848. The van der Waals surface area contributed by atoms with Gasteiger partial charge in [-0.1, -0.05) is 11.6 Å². The van der Waals surface area contributed by atoms with Crippen molar-refractivity contribution in [2.24, 2.45) is 5.41 Å². The van der Waals surface area contributed by atoms with Crippen molar-refractivity contribution in [3.63, 3.8) is 0 Å². The van der Waals surface area contributed by atoms with Gasteiger partial charge in [-0.2, -0.15) is 0 Å². The van der Waals surface area contributed by atoms with Gasteiger partial charge in [-0.25, -0.2) is 0 Å². The van der Waals surface area contributed by atoms with Crippen molar-refractivity contribution in [2.75, 3.05) is 26.8 Å². The van der Waals surface area contributed by atoms with E-state index >= 15 is 0 Å². The monoisotopic (exact) mass is 355 g/mol. The normalized spacial score (nSPS) is 20.9. The molecule has 0 bridgehead atoms. The molecule has 24 heavy (non-hydrogen) atoms. The van der Waals surface area contributed by atoms with Gasteiger partial charge in [0.1, 0.15) is 11.2 Å². The van der Waals surface area contributed by atoms with Crippen LogP contribution in [-0.4, -0.2) is 54.3 Å². The van der Waals surface area contributed by atoms with Crippen LogP contribution in [0.1, 0.15) is 20.3 Å². The van der Waals surface area contributed by atoms with Gasteiger partial charge in [-0.15, -0.1) is 0 Å². The first-order valence-corrected chi connectivity index (χ1v) is 8.04. The van der Waals surface area contributed by atoms with E-state index < -0.39 is 17.0 Å². The van der Waals surface area contributed by atoms with Crippen molar-refractivity contribution in [3.8, 4) is 5.75 Å². The summed E-state index contributed by atoms with van der Waals surface area (Å²) in [4.78, 5) is 25.9. The zero-order valence-corrected chi connectivity index (χ0v) is 14.8. The zero-order chi connectivity index (χ0) is 18.0. The summed E-state index contributed by atoms with van der Waals surface area (Å²) >= 11 is 5.84. The van der Waals surface area contributed by atoms with Gasteiger partial charge in [0.15, 0.2) is 5.60 Å². The van der Waals surface area contributed by atoms with Crippen LogP contribution in [0.2, 0.25) is 5.02 Å². The average molecular weight is 356 g/mol. The van der Waals surface area contributed by atoms with Gasteiger partial charge in [0, 0.05) is 25.2 Å². The van der Waals surface area contributed by atoms with Crippen LogP contribution in [0.4, 0.5) is 0 Å². The van der Waals surface area contributed by atoms with Gasteiger partial charge >= 0.3 is 5.97 Å². The summed E-state index contributed by atoms with van der Waals surface area (Å²) in [5, 5.41) is 10.1. The summed E-state index contributed by atoms with van der Waals surface area (Å²) < 4.78 is 10.8. The molecule has 0 aliphatic carbocycles. The Morgan fingerprint density at radius 3 is 2.50 bits per heavy atom. The maximum Gasteiger partial charge on any atom is 0.313 e. The SMILES string of the molecule is COCC1(C(=O)O)CCN(C(=O)C(C)(C)Oc2ccc(Cl)cc2)C1. The number of aliphatic carboxylic acids is 1. The molecule has 1 aromatic rings. The van der Waals surface area contributed by atoms with Crippen molar-refractivity contribution < 1.29 is 24.2 Å². The predicted octanol–water partition coefficient (Wildman–Crippen LogP) is 2.45. The summed E-state index contributed by atoms with van der Waals surface area (Å²) in [5.74, 6) is -0.675. The molecule has 1 atom stereocenters. The highest BCUT2D eigenvalue weighted by Gasteiger charge is 2.49. The van der Waals surface area contributed by atoms with E-state index in [4.69, 9.17) is 21.1 Å². The Hall–Kier alpha value is -1.79. The predicted molar refractivity (Wildman–Crippen MR) is 89.3 cm³/mol. The summed E-state index contributed by atoms with van der Waals surface area (Å²) in [6, 6.07) is 6.74. The lowest BCUT2D eigenvalue weighted by Crippen LogP contribution is -2.49. The van der Waals surface area contributed by atoms with E-state index in [1.807, 2.05) is 0 Å². The molecular weight excluding hydrogens is 334 g/mol. The molecule has 0 aromatic heterocycles. The Labute approximate surface area is 146 Å². The maximum atomic E-state index is 12.8. The van der Waals surface area contributed by atoms with Crippen LogP contribution in [0.3, 0.4) is 0 Å². The van der Waals surface area contributed by atoms with Gasteiger partial charge < -0.3 is 19.5 Å². The van der Waals surface area contributed by atoms with E-state index in [0.29, 0.717) is 23.7 Å². The second-order valence-corrected chi connectivity index (χ2v) is 7.00. The molecule has 0 radical (unpaired) electrons. The van der Waals surface area contributed by atoms with Crippen LogP contribution in [0, 0.1) is 5.41 Å². The molecule has 1 N–H and O–H groups in total. The topological polar surface area (TPSA) is 76.1 Å². The largest absolute Gasteiger partial charge is 0.481 e. The molecule has 1 aliphatic heterocycles. The van der Waals surface area contributed by atoms with E-state index in [1.165, 1.54) is 12.0 Å². The lowest BCUT2D eigenvalue weighted by molar-refractivity contribution is -0.153. The minimum atomic E-state index is -1.12. The highest BCUT2D eigenvalue weighted by atomic mass is 35.5. The third-order valence-electron chi connectivity index (χ3n) is 4.22. The minimum absolute atomic E-state index is 0.0740. The lowest BCUT2D eigenvalue weighted by Gasteiger charge is -2.31. The fourth-order valence-electron chi connectivity index (χ4n) is 2.90. The number of ether oxygens (including phenoxy) is 2. The third kappa shape index (κ3) is 3.82. The highest BCUT2D eigenvalue weighted by Crippen LogP contribution is 2.33. The number of hydrogen-bond acceptors (Lipinski definition) is 4. The van der Waals surface area contributed by atoms with Gasteiger partial charge in [-0.05, 0) is 44.5 Å². The van der Waals surface area contributed by atoms with Crippen LogP contribution in [-0.2, 0) is 14.3 Å². The van der Waals surface area contributed by atoms with Gasteiger partial charge in [0.2, 0.25) is 0 Å². The Kier molecular flexibility index (Phi) is 5.40. The minimum Gasteiger partial charge on any atom is -0.481 e. The van der Waals surface area contributed by atoms with E-state index in [0.717, 1.165) is 0 Å². The van der Waals surface area contributed by atoms with Gasteiger partial charge in [-0.3, -0.25) is 9.59 Å². The molecule has 7 heteroatoms. The third-order valence-corrected chi connectivity index (χ3v) is 4.47. The molecule has 1 aromatic carbocycles. The summed E-state index contributed by atoms with van der Waals surface area (Å²) in [6.07, 6.45) is 0.360. The molecular formula is C17H22ClNO5. The smallest absolute Gasteiger partial charge is 0.313 e. The maximum absolute atomic E-state index is 12.8. The van der Waals surface area contributed by atoms with Gasteiger partial charge in [0.25, 0.3) is 5.91 Å². The van der Waals surface area contributed by atoms with Crippen LogP contribution < -0.4 is 4.74 Å². The number of amides is 1. The van der Waals surface area contributed by atoms with Crippen molar-refractivity contribution in [3.05, 3.63) is 29.3 Å². The molecule has 1 fully saturated rings. The summed E-state index contributed by atoms with van der Waals surface area (Å²) in [5.41, 5.74) is -2.17. The van der Waals surface area contributed by atoms with Gasteiger partial charge in [0.05, 0.1) is 6.61 Å². The number of rotatable bonds is 6. The van der Waals surface area contributed by atoms with Crippen LogP contribution in [0.25, 0.3) is 0 Å². The number of carboxylic acids is 1. The number of likely N-dealkylation sites (tertiary alicyclic amines) is 1. The number of carboxylic acid groups (broad SMARTS) is 1. The molecule has 2 rings (SSSR count). The van der Waals surface area contributed by atoms with Crippen molar-refractivity contribution in [2.45, 2.75) is 25.9 Å². The Morgan fingerprint density at radius 1 is 1.33 bits per heavy atom. The molecule has 1 heterocycles. The fraction of sp³-hybridized carbons (Fsp3) is 0.529. The summed E-state index contributed by atoms with van der Waals surface area (Å²) in [7, 11) is 1.46. The van der Waals surface area contributed by atoms with Crippen molar-refractivity contribution in [1.82, 2.24) is 4.90 Å². The molecule has 0 saturated carbocycles. The zero-order valence-electron chi connectivity index (χ0n) is 14.0. The Morgan fingerprint density at radius 2 is 1.96 bits per heavy atom. The first-order valence-electron chi connectivity index (χ1n) is 7.66. The average Bonchev–Trinajstić information content (AvgIpc) is 2.94. The molecule has 1 aliphatic rings. The number of benzene rings is 1. The van der Waals surface area contributed by atoms with Crippen molar-refractivity contribution in [1.29, 1.82) is 0 Å².